The third-order valence-corrected chi connectivity index (χ3v) is 4.28. The Labute approximate surface area is 142 Å². The van der Waals surface area contributed by atoms with Crippen LogP contribution in [0.4, 0.5) is 4.79 Å². The SMILES string of the molecule is CC(C)(C(=O)OCC(=O)NC(=O)NC1CCCC1)c1ccccc1. The Kier molecular flexibility index (Phi) is 5.95. The van der Waals surface area contributed by atoms with E-state index in [-0.39, 0.29) is 6.04 Å². The highest BCUT2D eigenvalue weighted by molar-refractivity contribution is 5.96. The summed E-state index contributed by atoms with van der Waals surface area (Å²) in [5, 5.41) is 4.93. The predicted molar refractivity (Wildman–Crippen MR) is 89.4 cm³/mol. The maximum Gasteiger partial charge on any atom is 0.321 e. The van der Waals surface area contributed by atoms with Gasteiger partial charge >= 0.3 is 12.0 Å². The second-order valence-corrected chi connectivity index (χ2v) is 6.57. The smallest absolute Gasteiger partial charge is 0.321 e. The van der Waals surface area contributed by atoms with E-state index in [0.29, 0.717) is 0 Å². The van der Waals surface area contributed by atoms with E-state index >= 15 is 0 Å². The van der Waals surface area contributed by atoms with Crippen molar-refractivity contribution in [2.24, 2.45) is 0 Å². The average molecular weight is 332 g/mol. The van der Waals surface area contributed by atoms with Crippen LogP contribution in [0.3, 0.4) is 0 Å². The fourth-order valence-electron chi connectivity index (χ4n) is 2.74. The number of esters is 1. The molecule has 1 aromatic rings. The van der Waals surface area contributed by atoms with Gasteiger partial charge in [-0.3, -0.25) is 14.9 Å². The van der Waals surface area contributed by atoms with Crippen LogP contribution in [0.1, 0.15) is 45.1 Å². The molecule has 0 heterocycles. The first-order chi connectivity index (χ1) is 11.4. The second-order valence-electron chi connectivity index (χ2n) is 6.57. The van der Waals surface area contributed by atoms with E-state index in [1.165, 1.54) is 0 Å². The lowest BCUT2D eigenvalue weighted by atomic mass is 9.85. The van der Waals surface area contributed by atoms with E-state index in [9.17, 15) is 14.4 Å². The van der Waals surface area contributed by atoms with E-state index in [0.717, 1.165) is 31.2 Å². The van der Waals surface area contributed by atoms with Crippen molar-refractivity contribution in [3.63, 3.8) is 0 Å². The Morgan fingerprint density at radius 3 is 2.38 bits per heavy atom. The Balaban J connectivity index is 1.78. The number of nitrogens with one attached hydrogen (secondary N) is 2. The lowest BCUT2D eigenvalue weighted by molar-refractivity contribution is -0.153. The summed E-state index contributed by atoms with van der Waals surface area (Å²) in [7, 11) is 0. The number of imide groups is 1. The van der Waals surface area contributed by atoms with Gasteiger partial charge in [-0.2, -0.15) is 0 Å². The summed E-state index contributed by atoms with van der Waals surface area (Å²) in [5.41, 5.74) is -0.0671. The molecule has 3 amide bonds. The van der Waals surface area contributed by atoms with Crippen LogP contribution >= 0.6 is 0 Å². The molecule has 1 fully saturated rings. The number of hydrogen-bond donors (Lipinski definition) is 2. The molecule has 6 nitrogen and oxygen atoms in total. The van der Waals surface area contributed by atoms with Crippen LogP contribution in [-0.2, 0) is 19.7 Å². The summed E-state index contributed by atoms with van der Waals surface area (Å²) < 4.78 is 5.06. The van der Waals surface area contributed by atoms with Crippen molar-refractivity contribution in [3.8, 4) is 0 Å². The van der Waals surface area contributed by atoms with Gasteiger partial charge in [0.25, 0.3) is 5.91 Å². The van der Waals surface area contributed by atoms with Crippen molar-refractivity contribution >= 4 is 17.9 Å². The minimum absolute atomic E-state index is 0.123. The van der Waals surface area contributed by atoms with Gasteiger partial charge in [-0.15, -0.1) is 0 Å². The summed E-state index contributed by atoms with van der Waals surface area (Å²) >= 11 is 0. The number of carbonyl (C=O) groups is 3. The first kappa shape index (κ1) is 18.0. The third kappa shape index (κ3) is 4.81. The molecular weight excluding hydrogens is 308 g/mol. The summed E-state index contributed by atoms with van der Waals surface area (Å²) in [6.07, 6.45) is 4.04. The lowest BCUT2D eigenvalue weighted by Gasteiger charge is -2.22. The van der Waals surface area contributed by atoms with Crippen molar-refractivity contribution in [3.05, 3.63) is 35.9 Å². The Hall–Kier alpha value is -2.37. The number of rotatable bonds is 5. The Morgan fingerprint density at radius 1 is 1.12 bits per heavy atom. The van der Waals surface area contributed by atoms with Crippen LogP contribution in [0.15, 0.2) is 30.3 Å². The van der Waals surface area contributed by atoms with Crippen LogP contribution in [0, 0.1) is 0 Å². The molecule has 0 unspecified atom stereocenters. The van der Waals surface area contributed by atoms with E-state index in [4.69, 9.17) is 4.74 Å². The average Bonchev–Trinajstić information content (AvgIpc) is 3.06. The van der Waals surface area contributed by atoms with Crippen LogP contribution in [0.25, 0.3) is 0 Å². The largest absolute Gasteiger partial charge is 0.455 e. The maximum absolute atomic E-state index is 12.2. The van der Waals surface area contributed by atoms with Crippen LogP contribution in [0.5, 0.6) is 0 Å². The zero-order valence-corrected chi connectivity index (χ0v) is 14.1. The summed E-state index contributed by atoms with van der Waals surface area (Å²) in [4.78, 5) is 35.7. The summed E-state index contributed by atoms with van der Waals surface area (Å²) in [6.45, 7) is 2.98. The van der Waals surface area contributed by atoms with Gasteiger partial charge in [0, 0.05) is 6.04 Å². The molecule has 1 aliphatic rings. The molecule has 0 saturated heterocycles. The molecule has 0 atom stereocenters. The molecule has 6 heteroatoms. The van der Waals surface area contributed by atoms with Crippen LogP contribution in [-0.4, -0.2) is 30.6 Å². The zero-order chi connectivity index (χ0) is 17.6. The molecule has 2 N–H and O–H groups in total. The molecule has 0 aromatic heterocycles. The summed E-state index contributed by atoms with van der Waals surface area (Å²) in [6, 6.07) is 8.78. The molecule has 1 aromatic carbocycles. The van der Waals surface area contributed by atoms with E-state index in [1.807, 2.05) is 30.3 Å². The van der Waals surface area contributed by atoms with Gasteiger partial charge in [-0.05, 0) is 32.3 Å². The zero-order valence-electron chi connectivity index (χ0n) is 14.1. The van der Waals surface area contributed by atoms with Crippen molar-refractivity contribution in [2.75, 3.05) is 6.61 Å². The summed E-state index contributed by atoms with van der Waals surface area (Å²) in [5.74, 6) is -1.15. The fraction of sp³-hybridized carbons (Fsp3) is 0.500. The molecule has 2 rings (SSSR count). The van der Waals surface area contributed by atoms with E-state index < -0.39 is 29.9 Å². The number of amides is 3. The number of ether oxygens (including phenoxy) is 1. The molecule has 0 aliphatic heterocycles. The lowest BCUT2D eigenvalue weighted by Crippen LogP contribution is -2.45. The van der Waals surface area contributed by atoms with Gasteiger partial charge in [0.05, 0.1) is 5.41 Å². The quantitative estimate of drug-likeness (QED) is 0.810. The van der Waals surface area contributed by atoms with Gasteiger partial charge in [-0.25, -0.2) is 4.79 Å². The molecule has 24 heavy (non-hydrogen) atoms. The standard InChI is InChI=1S/C18H24N2O4/c1-18(2,13-8-4-3-5-9-13)16(22)24-12-15(21)20-17(23)19-14-10-6-7-11-14/h3-5,8-9,14H,6-7,10-12H2,1-2H3,(H2,19,20,21,23). The number of carbonyl (C=O) groups excluding carboxylic acids is 3. The number of benzene rings is 1. The highest BCUT2D eigenvalue weighted by Crippen LogP contribution is 2.24. The Morgan fingerprint density at radius 2 is 1.75 bits per heavy atom. The van der Waals surface area contributed by atoms with Crippen LogP contribution in [0.2, 0.25) is 0 Å². The fourth-order valence-corrected chi connectivity index (χ4v) is 2.74. The van der Waals surface area contributed by atoms with Crippen molar-refractivity contribution < 1.29 is 19.1 Å². The van der Waals surface area contributed by atoms with Gasteiger partial charge in [0.2, 0.25) is 0 Å². The number of hydrogen-bond acceptors (Lipinski definition) is 4. The first-order valence-electron chi connectivity index (χ1n) is 8.22. The highest BCUT2D eigenvalue weighted by Gasteiger charge is 2.32. The van der Waals surface area contributed by atoms with Gasteiger partial charge < -0.3 is 10.1 Å². The second kappa shape index (κ2) is 7.95. The van der Waals surface area contributed by atoms with E-state index in [1.54, 1.807) is 13.8 Å². The predicted octanol–water partition coefficient (Wildman–Crippen LogP) is 2.28. The molecule has 0 spiro atoms. The van der Waals surface area contributed by atoms with Gasteiger partial charge in [0.1, 0.15) is 0 Å². The van der Waals surface area contributed by atoms with Crippen molar-refractivity contribution in [1.82, 2.24) is 10.6 Å². The van der Waals surface area contributed by atoms with E-state index in [2.05, 4.69) is 10.6 Å². The van der Waals surface area contributed by atoms with Crippen molar-refractivity contribution in [2.45, 2.75) is 51.0 Å². The topological polar surface area (TPSA) is 84.5 Å². The molecular formula is C18H24N2O4. The first-order valence-corrected chi connectivity index (χ1v) is 8.22. The molecule has 1 aliphatic carbocycles. The van der Waals surface area contributed by atoms with Crippen LogP contribution < -0.4 is 10.6 Å². The normalized spacial score (nSPS) is 14.9. The van der Waals surface area contributed by atoms with Gasteiger partial charge in [-0.1, -0.05) is 43.2 Å². The monoisotopic (exact) mass is 332 g/mol. The minimum atomic E-state index is -0.867. The third-order valence-electron chi connectivity index (χ3n) is 4.28. The maximum atomic E-state index is 12.2. The molecule has 130 valence electrons. The molecule has 0 bridgehead atoms. The highest BCUT2D eigenvalue weighted by atomic mass is 16.5. The number of urea groups is 1. The van der Waals surface area contributed by atoms with Crippen molar-refractivity contribution in [1.29, 1.82) is 0 Å². The molecule has 0 radical (unpaired) electrons. The molecule has 1 saturated carbocycles. The van der Waals surface area contributed by atoms with Gasteiger partial charge in [0.15, 0.2) is 6.61 Å². The minimum Gasteiger partial charge on any atom is -0.455 e. The Bertz CT molecular complexity index is 592.